The highest BCUT2D eigenvalue weighted by molar-refractivity contribution is 9.10. The fourth-order valence-electron chi connectivity index (χ4n) is 2.99. The van der Waals surface area contributed by atoms with Gasteiger partial charge in [0, 0.05) is 11.5 Å². The molecule has 0 atom stereocenters. The first kappa shape index (κ1) is 17.4. The Labute approximate surface area is 164 Å². The molecule has 0 aliphatic rings. The normalized spacial score (nSPS) is 11.1. The lowest BCUT2D eigenvalue weighted by atomic mass is 10.3. The number of aryl methyl sites for hydroxylation is 1. The second-order valence-electron chi connectivity index (χ2n) is 6.17. The third kappa shape index (κ3) is 3.23. The summed E-state index contributed by atoms with van der Waals surface area (Å²) in [5.41, 5.74) is 3.74. The molecule has 4 rings (SSSR count). The largest absolute Gasteiger partial charge is 0.343 e. The summed E-state index contributed by atoms with van der Waals surface area (Å²) in [6.45, 7) is 2.14. The van der Waals surface area contributed by atoms with Gasteiger partial charge in [-0.3, -0.25) is 4.79 Å². The zero-order valence-electron chi connectivity index (χ0n) is 14.8. The molecule has 0 fully saturated rings. The number of hydrogen-bond acceptors (Lipinski definition) is 4. The van der Waals surface area contributed by atoms with Crippen molar-refractivity contribution in [2.24, 2.45) is 7.05 Å². The molecule has 0 saturated carbocycles. The molecule has 1 amide bonds. The number of para-hydroxylation sites is 2. The van der Waals surface area contributed by atoms with Gasteiger partial charge in [-0.1, -0.05) is 39.3 Å². The van der Waals surface area contributed by atoms with Gasteiger partial charge in [-0.25, -0.2) is 9.67 Å². The second kappa shape index (κ2) is 6.96. The minimum absolute atomic E-state index is 0.277. The van der Waals surface area contributed by atoms with E-state index in [-0.39, 0.29) is 5.91 Å². The number of imidazole rings is 1. The Morgan fingerprint density at radius 2 is 2.00 bits per heavy atom. The highest BCUT2D eigenvalue weighted by atomic mass is 79.9. The summed E-state index contributed by atoms with van der Waals surface area (Å²) in [7, 11) is 1.94. The van der Waals surface area contributed by atoms with Crippen LogP contribution in [-0.2, 0) is 13.6 Å². The topological polar surface area (TPSA) is 77.6 Å². The molecule has 0 spiro atoms. The van der Waals surface area contributed by atoms with Crippen molar-refractivity contribution in [3.05, 3.63) is 70.2 Å². The van der Waals surface area contributed by atoms with Gasteiger partial charge in [0.05, 0.1) is 29.0 Å². The first-order valence-electron chi connectivity index (χ1n) is 8.41. The van der Waals surface area contributed by atoms with E-state index in [1.54, 1.807) is 4.68 Å². The fourth-order valence-corrected chi connectivity index (χ4v) is 3.38. The number of hydrogen-bond donors (Lipinski definition) is 1. The number of carbonyl (C=O) groups is 1. The Hall–Kier alpha value is -3.00. The maximum atomic E-state index is 12.6. The maximum absolute atomic E-state index is 12.6. The minimum Gasteiger partial charge on any atom is -0.343 e. The van der Waals surface area contributed by atoms with E-state index in [0.717, 1.165) is 27.0 Å². The molecule has 0 unspecified atom stereocenters. The van der Waals surface area contributed by atoms with Crippen LogP contribution >= 0.6 is 15.9 Å². The van der Waals surface area contributed by atoms with Gasteiger partial charge in [0.1, 0.15) is 5.82 Å². The number of amides is 1. The van der Waals surface area contributed by atoms with Crippen LogP contribution in [0.25, 0.3) is 16.7 Å². The van der Waals surface area contributed by atoms with Gasteiger partial charge < -0.3 is 9.88 Å². The zero-order chi connectivity index (χ0) is 19.0. The molecule has 0 bridgehead atoms. The first-order chi connectivity index (χ1) is 13.0. The Balaban J connectivity index is 1.54. The number of fused-ring (bicyclic) bond motifs is 1. The van der Waals surface area contributed by atoms with Gasteiger partial charge in [-0.05, 0) is 37.3 Å². The standard InChI is InChI=1S/C19H17BrN6O/c1-12-18(23-24-26(12)14-7-5-6-13(20)10-14)19(27)21-11-17-22-15-8-3-4-9-16(15)25(17)2/h3-10H,11H2,1-2H3,(H,21,27). The van der Waals surface area contributed by atoms with Crippen LogP contribution < -0.4 is 5.32 Å². The Bertz CT molecular complexity index is 1150. The summed E-state index contributed by atoms with van der Waals surface area (Å²) in [6, 6.07) is 15.5. The minimum atomic E-state index is -0.277. The van der Waals surface area contributed by atoms with E-state index in [4.69, 9.17) is 0 Å². The average molecular weight is 425 g/mol. The van der Waals surface area contributed by atoms with Gasteiger partial charge in [-0.15, -0.1) is 5.10 Å². The van der Waals surface area contributed by atoms with Gasteiger partial charge in [0.25, 0.3) is 5.91 Å². The van der Waals surface area contributed by atoms with Crippen molar-refractivity contribution in [2.75, 3.05) is 0 Å². The van der Waals surface area contributed by atoms with Crippen LogP contribution in [0, 0.1) is 6.92 Å². The van der Waals surface area contributed by atoms with Gasteiger partial charge in [0.2, 0.25) is 0 Å². The second-order valence-corrected chi connectivity index (χ2v) is 7.09. The molecule has 2 aromatic carbocycles. The summed E-state index contributed by atoms with van der Waals surface area (Å²) in [5.74, 6) is 0.502. The van der Waals surface area contributed by atoms with Crippen LogP contribution in [0.3, 0.4) is 0 Å². The van der Waals surface area contributed by atoms with Crippen LogP contribution in [0.4, 0.5) is 0 Å². The number of rotatable bonds is 4. The van der Waals surface area contributed by atoms with Crippen molar-refractivity contribution in [2.45, 2.75) is 13.5 Å². The first-order valence-corrected chi connectivity index (χ1v) is 9.20. The molecule has 8 heteroatoms. The van der Waals surface area contributed by atoms with E-state index in [2.05, 4.69) is 36.5 Å². The highest BCUT2D eigenvalue weighted by Gasteiger charge is 2.18. The summed E-state index contributed by atoms with van der Waals surface area (Å²) in [6.07, 6.45) is 0. The number of nitrogens with zero attached hydrogens (tertiary/aromatic N) is 5. The summed E-state index contributed by atoms with van der Waals surface area (Å²) >= 11 is 3.44. The molecule has 0 aliphatic heterocycles. The molecule has 2 aromatic heterocycles. The predicted octanol–water partition coefficient (Wildman–Crippen LogP) is 3.15. The van der Waals surface area contributed by atoms with Crippen molar-refractivity contribution >= 4 is 32.9 Å². The van der Waals surface area contributed by atoms with Crippen LogP contribution in [0.15, 0.2) is 53.0 Å². The van der Waals surface area contributed by atoms with Gasteiger partial charge >= 0.3 is 0 Å². The van der Waals surface area contributed by atoms with E-state index in [9.17, 15) is 4.79 Å². The summed E-state index contributed by atoms with van der Waals surface area (Å²) in [5, 5.41) is 11.1. The Morgan fingerprint density at radius 3 is 2.78 bits per heavy atom. The van der Waals surface area contributed by atoms with Crippen LogP contribution in [0.5, 0.6) is 0 Å². The third-order valence-corrected chi connectivity index (χ3v) is 4.94. The molecule has 27 heavy (non-hydrogen) atoms. The van der Waals surface area contributed by atoms with Crippen LogP contribution in [0.1, 0.15) is 22.0 Å². The smallest absolute Gasteiger partial charge is 0.274 e. The number of benzene rings is 2. The van der Waals surface area contributed by atoms with E-state index >= 15 is 0 Å². The lowest BCUT2D eigenvalue weighted by Crippen LogP contribution is -2.25. The van der Waals surface area contributed by atoms with Crippen molar-refractivity contribution in [3.63, 3.8) is 0 Å². The number of aromatic nitrogens is 5. The summed E-state index contributed by atoms with van der Waals surface area (Å²) in [4.78, 5) is 17.2. The zero-order valence-corrected chi connectivity index (χ0v) is 16.4. The van der Waals surface area contributed by atoms with E-state index < -0.39 is 0 Å². The lowest BCUT2D eigenvalue weighted by molar-refractivity contribution is 0.0944. The Kier molecular flexibility index (Phi) is 4.49. The molecule has 0 aliphatic carbocycles. The molecule has 7 nitrogen and oxygen atoms in total. The van der Waals surface area contributed by atoms with E-state index in [1.807, 2.05) is 67.1 Å². The van der Waals surface area contributed by atoms with E-state index in [0.29, 0.717) is 17.9 Å². The molecule has 2 heterocycles. The maximum Gasteiger partial charge on any atom is 0.274 e. The van der Waals surface area contributed by atoms with Crippen LogP contribution in [-0.4, -0.2) is 30.5 Å². The highest BCUT2D eigenvalue weighted by Crippen LogP contribution is 2.18. The van der Waals surface area contributed by atoms with Gasteiger partial charge in [0.15, 0.2) is 5.69 Å². The SMILES string of the molecule is Cc1c(C(=O)NCc2nc3ccccc3n2C)nnn1-c1cccc(Br)c1. The van der Waals surface area contributed by atoms with Crippen molar-refractivity contribution in [1.29, 1.82) is 0 Å². The Morgan fingerprint density at radius 1 is 1.19 bits per heavy atom. The molecule has 0 saturated heterocycles. The molecule has 136 valence electrons. The molecular formula is C19H17BrN6O. The van der Waals surface area contributed by atoms with Crippen molar-refractivity contribution < 1.29 is 4.79 Å². The van der Waals surface area contributed by atoms with Crippen molar-refractivity contribution in [3.8, 4) is 5.69 Å². The molecule has 0 radical (unpaired) electrons. The molecule has 1 N–H and O–H groups in total. The summed E-state index contributed by atoms with van der Waals surface area (Å²) < 4.78 is 4.55. The third-order valence-electron chi connectivity index (χ3n) is 4.45. The fraction of sp³-hybridized carbons (Fsp3) is 0.158. The predicted molar refractivity (Wildman–Crippen MR) is 106 cm³/mol. The number of nitrogens with one attached hydrogen (secondary N) is 1. The number of carbonyl (C=O) groups excluding carboxylic acids is 1. The quantitative estimate of drug-likeness (QED) is 0.545. The van der Waals surface area contributed by atoms with Crippen LogP contribution in [0.2, 0.25) is 0 Å². The molecular weight excluding hydrogens is 408 g/mol. The van der Waals surface area contributed by atoms with E-state index in [1.165, 1.54) is 0 Å². The number of halogens is 1. The molecule has 4 aromatic rings. The average Bonchev–Trinajstić information content (AvgIpc) is 3.20. The van der Waals surface area contributed by atoms with Crippen molar-refractivity contribution in [1.82, 2.24) is 29.9 Å². The van der Waals surface area contributed by atoms with Gasteiger partial charge in [-0.2, -0.15) is 0 Å². The monoisotopic (exact) mass is 424 g/mol. The lowest BCUT2D eigenvalue weighted by Gasteiger charge is -2.06.